The van der Waals surface area contributed by atoms with Gasteiger partial charge in [0.1, 0.15) is 0 Å². The molecule has 0 radical (unpaired) electrons. The summed E-state index contributed by atoms with van der Waals surface area (Å²) in [5.41, 5.74) is 3.18. The predicted molar refractivity (Wildman–Crippen MR) is 71.0 cm³/mol. The topological polar surface area (TPSA) is 29.1 Å². The fourth-order valence-electron chi connectivity index (χ4n) is 2.06. The number of carbonyl (C=O) groups excluding carboxylic acids is 1. The van der Waals surface area contributed by atoms with Crippen LogP contribution in [-0.2, 0) is 6.42 Å². The first-order chi connectivity index (χ1) is 8.18. The summed E-state index contributed by atoms with van der Waals surface area (Å²) < 4.78 is 0. The first-order valence-corrected chi connectivity index (χ1v) is 6.25. The number of benzene rings is 1. The molecule has 0 unspecified atom stereocenters. The highest BCUT2D eigenvalue weighted by Gasteiger charge is 2.14. The SMILES string of the molecule is CC(C)CNC(=O)c1cccc2c1C=CCC2. The van der Waals surface area contributed by atoms with Crippen molar-refractivity contribution >= 4 is 12.0 Å². The summed E-state index contributed by atoms with van der Waals surface area (Å²) in [6.07, 6.45) is 6.33. The van der Waals surface area contributed by atoms with E-state index in [9.17, 15) is 4.79 Å². The largest absolute Gasteiger partial charge is 0.352 e. The van der Waals surface area contributed by atoms with Crippen LogP contribution >= 0.6 is 0 Å². The van der Waals surface area contributed by atoms with Gasteiger partial charge in [-0.05, 0) is 36.0 Å². The zero-order valence-electron chi connectivity index (χ0n) is 10.5. The monoisotopic (exact) mass is 229 g/mol. The third-order valence-electron chi connectivity index (χ3n) is 2.98. The molecule has 2 heteroatoms. The van der Waals surface area contributed by atoms with E-state index >= 15 is 0 Å². The van der Waals surface area contributed by atoms with Crippen LogP contribution in [0.3, 0.4) is 0 Å². The Balaban J connectivity index is 2.21. The van der Waals surface area contributed by atoms with Gasteiger partial charge in [0.15, 0.2) is 0 Å². The van der Waals surface area contributed by atoms with Gasteiger partial charge < -0.3 is 5.32 Å². The van der Waals surface area contributed by atoms with Crippen LogP contribution in [0.5, 0.6) is 0 Å². The second-order valence-electron chi connectivity index (χ2n) is 4.92. The number of allylic oxidation sites excluding steroid dienone is 1. The number of amides is 1. The molecule has 0 saturated carbocycles. The van der Waals surface area contributed by atoms with Crippen molar-refractivity contribution < 1.29 is 4.79 Å². The maximum atomic E-state index is 12.1. The van der Waals surface area contributed by atoms with Gasteiger partial charge in [-0.25, -0.2) is 0 Å². The van der Waals surface area contributed by atoms with Gasteiger partial charge in [0, 0.05) is 12.1 Å². The Morgan fingerprint density at radius 2 is 2.24 bits per heavy atom. The first-order valence-electron chi connectivity index (χ1n) is 6.25. The molecule has 1 amide bonds. The van der Waals surface area contributed by atoms with E-state index in [2.05, 4.69) is 37.4 Å². The lowest BCUT2D eigenvalue weighted by atomic mass is 9.93. The van der Waals surface area contributed by atoms with Crippen molar-refractivity contribution in [2.75, 3.05) is 6.54 Å². The number of nitrogens with one attached hydrogen (secondary N) is 1. The Kier molecular flexibility index (Phi) is 3.62. The molecule has 2 rings (SSSR count). The molecule has 0 bridgehead atoms. The number of aryl methyl sites for hydroxylation is 1. The number of rotatable bonds is 3. The second kappa shape index (κ2) is 5.17. The second-order valence-corrected chi connectivity index (χ2v) is 4.92. The fraction of sp³-hybridized carbons (Fsp3) is 0.400. The van der Waals surface area contributed by atoms with Crippen molar-refractivity contribution in [3.63, 3.8) is 0 Å². The molecule has 1 aromatic rings. The van der Waals surface area contributed by atoms with Gasteiger partial charge in [-0.15, -0.1) is 0 Å². The highest BCUT2D eigenvalue weighted by molar-refractivity contribution is 5.98. The molecule has 0 saturated heterocycles. The highest BCUT2D eigenvalue weighted by Crippen LogP contribution is 2.22. The maximum Gasteiger partial charge on any atom is 0.251 e. The molecule has 0 fully saturated rings. The molecule has 1 aliphatic carbocycles. The summed E-state index contributed by atoms with van der Waals surface area (Å²) in [5.74, 6) is 0.524. The van der Waals surface area contributed by atoms with E-state index in [-0.39, 0.29) is 5.91 Å². The van der Waals surface area contributed by atoms with Crippen LogP contribution in [0.25, 0.3) is 6.08 Å². The summed E-state index contributed by atoms with van der Waals surface area (Å²) in [7, 11) is 0. The molecule has 1 aliphatic rings. The van der Waals surface area contributed by atoms with E-state index in [1.165, 1.54) is 5.56 Å². The molecular formula is C15H19NO. The summed E-state index contributed by atoms with van der Waals surface area (Å²) in [4.78, 5) is 12.1. The molecule has 0 heterocycles. The van der Waals surface area contributed by atoms with Crippen molar-refractivity contribution in [1.82, 2.24) is 5.32 Å². The van der Waals surface area contributed by atoms with Gasteiger partial charge in [-0.3, -0.25) is 4.79 Å². The minimum absolute atomic E-state index is 0.0436. The Labute approximate surface area is 103 Å². The van der Waals surface area contributed by atoms with Crippen LogP contribution in [-0.4, -0.2) is 12.5 Å². The standard InChI is InChI=1S/C15H19NO/c1-11(2)10-16-15(17)14-9-5-7-12-6-3-4-8-13(12)14/h4-5,7-9,11H,3,6,10H2,1-2H3,(H,16,17). The summed E-state index contributed by atoms with van der Waals surface area (Å²) in [6, 6.07) is 5.99. The quantitative estimate of drug-likeness (QED) is 0.848. The zero-order valence-corrected chi connectivity index (χ0v) is 10.5. The Morgan fingerprint density at radius 1 is 1.41 bits per heavy atom. The van der Waals surface area contributed by atoms with E-state index < -0.39 is 0 Å². The molecule has 1 aromatic carbocycles. The van der Waals surface area contributed by atoms with Crippen molar-refractivity contribution in [1.29, 1.82) is 0 Å². The van der Waals surface area contributed by atoms with Crippen molar-refractivity contribution in [3.8, 4) is 0 Å². The van der Waals surface area contributed by atoms with Gasteiger partial charge >= 0.3 is 0 Å². The van der Waals surface area contributed by atoms with E-state index in [4.69, 9.17) is 0 Å². The number of hydrogen-bond donors (Lipinski definition) is 1. The number of fused-ring (bicyclic) bond motifs is 1. The van der Waals surface area contributed by atoms with Gasteiger partial charge in [0.25, 0.3) is 5.91 Å². The summed E-state index contributed by atoms with van der Waals surface area (Å²) >= 11 is 0. The van der Waals surface area contributed by atoms with Crippen LogP contribution in [0, 0.1) is 5.92 Å². The van der Waals surface area contributed by atoms with E-state index in [1.54, 1.807) is 0 Å². The minimum Gasteiger partial charge on any atom is -0.352 e. The molecule has 0 aromatic heterocycles. The van der Waals surface area contributed by atoms with Gasteiger partial charge in [0.05, 0.1) is 0 Å². The third kappa shape index (κ3) is 2.76. The van der Waals surface area contributed by atoms with Gasteiger partial charge in [0.2, 0.25) is 0 Å². The smallest absolute Gasteiger partial charge is 0.251 e. The molecule has 90 valence electrons. The lowest BCUT2D eigenvalue weighted by Crippen LogP contribution is -2.28. The van der Waals surface area contributed by atoms with Gasteiger partial charge in [-0.2, -0.15) is 0 Å². The van der Waals surface area contributed by atoms with Crippen molar-refractivity contribution in [3.05, 3.63) is 41.0 Å². The molecule has 17 heavy (non-hydrogen) atoms. The van der Waals surface area contributed by atoms with Crippen LogP contribution in [0.15, 0.2) is 24.3 Å². The summed E-state index contributed by atoms with van der Waals surface area (Å²) in [6.45, 7) is 4.92. The molecule has 1 N–H and O–H groups in total. The first kappa shape index (κ1) is 11.9. The van der Waals surface area contributed by atoms with Crippen LogP contribution < -0.4 is 5.32 Å². The maximum absolute atomic E-state index is 12.1. The average Bonchev–Trinajstić information content (AvgIpc) is 2.35. The van der Waals surface area contributed by atoms with Gasteiger partial charge in [-0.1, -0.05) is 38.1 Å². The molecular weight excluding hydrogens is 210 g/mol. The number of hydrogen-bond acceptors (Lipinski definition) is 1. The highest BCUT2D eigenvalue weighted by atomic mass is 16.1. The molecule has 0 aliphatic heterocycles. The van der Waals surface area contributed by atoms with E-state index in [1.807, 2.05) is 12.1 Å². The Bertz CT molecular complexity index is 446. The van der Waals surface area contributed by atoms with E-state index in [0.717, 1.165) is 30.5 Å². The Morgan fingerprint density at radius 3 is 3.00 bits per heavy atom. The van der Waals surface area contributed by atoms with Crippen LogP contribution in [0.2, 0.25) is 0 Å². The minimum atomic E-state index is 0.0436. The van der Waals surface area contributed by atoms with E-state index in [0.29, 0.717) is 5.92 Å². The predicted octanol–water partition coefficient (Wildman–Crippen LogP) is 3.03. The lowest BCUT2D eigenvalue weighted by molar-refractivity contribution is 0.0948. The lowest BCUT2D eigenvalue weighted by Gasteiger charge is -2.15. The van der Waals surface area contributed by atoms with Crippen LogP contribution in [0.4, 0.5) is 0 Å². The van der Waals surface area contributed by atoms with Crippen LogP contribution in [0.1, 0.15) is 41.8 Å². The average molecular weight is 229 g/mol. The Hall–Kier alpha value is -1.57. The third-order valence-corrected chi connectivity index (χ3v) is 2.98. The molecule has 2 nitrogen and oxygen atoms in total. The molecule has 0 spiro atoms. The van der Waals surface area contributed by atoms with Crippen molar-refractivity contribution in [2.24, 2.45) is 5.92 Å². The van der Waals surface area contributed by atoms with Crippen molar-refractivity contribution in [2.45, 2.75) is 26.7 Å². The molecule has 0 atom stereocenters. The number of carbonyl (C=O) groups is 1. The normalized spacial score (nSPS) is 13.6. The fourth-order valence-corrected chi connectivity index (χ4v) is 2.06. The zero-order chi connectivity index (χ0) is 12.3. The summed E-state index contributed by atoms with van der Waals surface area (Å²) in [5, 5.41) is 2.98.